The molecular weight excluding hydrogens is 558 g/mol. The largest absolute Gasteiger partial charge is 0.325 e. The van der Waals surface area contributed by atoms with Crippen LogP contribution in [0.4, 0.5) is 5.69 Å². The van der Waals surface area contributed by atoms with Crippen molar-refractivity contribution in [1.29, 1.82) is 0 Å². The summed E-state index contributed by atoms with van der Waals surface area (Å²) in [5, 5.41) is 3.50. The van der Waals surface area contributed by atoms with Gasteiger partial charge in [0.25, 0.3) is 0 Å². The summed E-state index contributed by atoms with van der Waals surface area (Å²) in [5.74, 6) is -0.458. The molecule has 30 heavy (non-hydrogen) atoms. The van der Waals surface area contributed by atoms with Crippen LogP contribution in [0.25, 0.3) is 0 Å². The van der Waals surface area contributed by atoms with E-state index in [0.29, 0.717) is 21.3 Å². The fraction of sp³-hybridized carbons (Fsp3) is 0.0952. The summed E-state index contributed by atoms with van der Waals surface area (Å²) in [4.78, 5) is 12.7. The number of rotatable bonds is 7. The summed E-state index contributed by atoms with van der Waals surface area (Å²) in [6, 6.07) is 20.0. The second kappa shape index (κ2) is 10.1. The molecular formula is C21H17Cl2IN2O3S. The fourth-order valence-electron chi connectivity index (χ4n) is 2.70. The average molecular weight is 575 g/mol. The highest BCUT2D eigenvalue weighted by Gasteiger charge is 2.27. The van der Waals surface area contributed by atoms with Gasteiger partial charge in [0, 0.05) is 25.8 Å². The molecule has 0 atom stereocenters. The number of amides is 1. The molecule has 0 aromatic heterocycles. The molecule has 0 unspecified atom stereocenters. The number of sulfonamides is 1. The molecule has 0 saturated heterocycles. The Bertz CT molecular complexity index is 1140. The van der Waals surface area contributed by atoms with Crippen LogP contribution in [0.1, 0.15) is 5.56 Å². The monoisotopic (exact) mass is 574 g/mol. The number of benzene rings is 3. The number of nitrogens with one attached hydrogen (secondary N) is 1. The SMILES string of the molecule is O=C(CN(Cc1ccc(Cl)cc1Cl)S(=O)(=O)c1ccccc1)Nc1ccc(I)cc1. The third kappa shape index (κ3) is 5.95. The molecule has 3 aromatic rings. The third-order valence-electron chi connectivity index (χ3n) is 4.19. The maximum atomic E-state index is 13.2. The molecule has 0 aliphatic heterocycles. The van der Waals surface area contributed by atoms with Crippen molar-refractivity contribution in [3.8, 4) is 0 Å². The Hall–Kier alpha value is -1.65. The molecule has 0 spiro atoms. The van der Waals surface area contributed by atoms with E-state index >= 15 is 0 Å². The first kappa shape index (κ1) is 23.0. The van der Waals surface area contributed by atoms with Crippen LogP contribution in [0.5, 0.6) is 0 Å². The molecule has 0 radical (unpaired) electrons. The van der Waals surface area contributed by atoms with E-state index in [0.717, 1.165) is 7.88 Å². The summed E-state index contributed by atoms with van der Waals surface area (Å²) in [6.07, 6.45) is 0. The van der Waals surface area contributed by atoms with Gasteiger partial charge in [-0.1, -0.05) is 47.5 Å². The minimum Gasteiger partial charge on any atom is -0.325 e. The van der Waals surface area contributed by atoms with Crippen molar-refractivity contribution in [1.82, 2.24) is 4.31 Å². The molecule has 0 aliphatic carbocycles. The zero-order valence-electron chi connectivity index (χ0n) is 15.6. The van der Waals surface area contributed by atoms with Gasteiger partial charge in [0.15, 0.2) is 0 Å². The summed E-state index contributed by atoms with van der Waals surface area (Å²) < 4.78 is 28.6. The van der Waals surface area contributed by atoms with E-state index in [1.807, 2.05) is 12.1 Å². The Morgan fingerprint density at radius 3 is 2.27 bits per heavy atom. The lowest BCUT2D eigenvalue weighted by Crippen LogP contribution is -2.37. The van der Waals surface area contributed by atoms with Gasteiger partial charge in [-0.3, -0.25) is 4.79 Å². The molecule has 3 aromatic carbocycles. The summed E-state index contributed by atoms with van der Waals surface area (Å²) >= 11 is 14.4. The molecule has 0 fully saturated rings. The van der Waals surface area contributed by atoms with E-state index in [1.165, 1.54) is 18.2 Å². The zero-order chi connectivity index (χ0) is 21.7. The van der Waals surface area contributed by atoms with Crippen molar-refractivity contribution < 1.29 is 13.2 Å². The van der Waals surface area contributed by atoms with E-state index < -0.39 is 15.9 Å². The van der Waals surface area contributed by atoms with Gasteiger partial charge < -0.3 is 5.32 Å². The van der Waals surface area contributed by atoms with Gasteiger partial charge >= 0.3 is 0 Å². The van der Waals surface area contributed by atoms with Crippen LogP contribution in [-0.2, 0) is 21.4 Å². The number of hydrogen-bond donors (Lipinski definition) is 1. The lowest BCUT2D eigenvalue weighted by molar-refractivity contribution is -0.116. The molecule has 0 bridgehead atoms. The van der Waals surface area contributed by atoms with Crippen molar-refractivity contribution in [2.45, 2.75) is 11.4 Å². The van der Waals surface area contributed by atoms with Crippen molar-refractivity contribution in [3.05, 3.63) is 92.0 Å². The zero-order valence-corrected chi connectivity index (χ0v) is 20.0. The van der Waals surface area contributed by atoms with Crippen molar-refractivity contribution in [3.63, 3.8) is 0 Å². The highest BCUT2D eigenvalue weighted by atomic mass is 127. The molecule has 0 saturated carbocycles. The number of hydrogen-bond acceptors (Lipinski definition) is 3. The van der Waals surface area contributed by atoms with E-state index in [1.54, 1.807) is 42.5 Å². The van der Waals surface area contributed by atoms with Crippen molar-refractivity contribution in [2.75, 3.05) is 11.9 Å². The van der Waals surface area contributed by atoms with Crippen LogP contribution < -0.4 is 5.32 Å². The van der Waals surface area contributed by atoms with Crippen molar-refractivity contribution in [2.24, 2.45) is 0 Å². The smallest absolute Gasteiger partial charge is 0.243 e. The number of carbonyl (C=O) groups is 1. The standard InChI is InChI=1S/C21H17Cl2IN2O3S/c22-16-7-6-15(20(23)12-16)13-26(30(28,29)19-4-2-1-3-5-19)14-21(27)25-18-10-8-17(24)9-11-18/h1-12H,13-14H2,(H,25,27). The number of halogens is 3. The number of nitrogens with zero attached hydrogens (tertiary/aromatic N) is 1. The predicted octanol–water partition coefficient (Wildman–Crippen LogP) is 5.43. The first-order chi connectivity index (χ1) is 14.3. The molecule has 5 nitrogen and oxygen atoms in total. The Morgan fingerprint density at radius 1 is 0.967 bits per heavy atom. The van der Waals surface area contributed by atoms with Gasteiger partial charge in [-0.15, -0.1) is 0 Å². The Labute approximate surface area is 199 Å². The van der Waals surface area contributed by atoms with Gasteiger partial charge in [-0.25, -0.2) is 8.42 Å². The van der Waals surface area contributed by atoms with Gasteiger partial charge in [0.2, 0.25) is 15.9 Å². The Morgan fingerprint density at radius 2 is 1.63 bits per heavy atom. The molecule has 1 amide bonds. The lowest BCUT2D eigenvalue weighted by atomic mass is 10.2. The molecule has 0 aliphatic rings. The third-order valence-corrected chi connectivity index (χ3v) is 7.30. The number of carbonyl (C=O) groups excluding carboxylic acids is 1. The van der Waals surface area contributed by atoms with E-state index in [4.69, 9.17) is 23.2 Å². The highest BCUT2D eigenvalue weighted by Crippen LogP contribution is 2.25. The average Bonchev–Trinajstić information content (AvgIpc) is 2.71. The Balaban J connectivity index is 1.88. The summed E-state index contributed by atoms with van der Waals surface area (Å²) in [7, 11) is -3.94. The quantitative estimate of drug-likeness (QED) is 0.383. The second-order valence-electron chi connectivity index (χ2n) is 6.38. The van der Waals surface area contributed by atoms with Crippen molar-refractivity contribution >= 4 is 67.4 Å². The molecule has 3 rings (SSSR count). The summed E-state index contributed by atoms with van der Waals surface area (Å²) in [6.45, 7) is -0.449. The van der Waals surface area contributed by atoms with E-state index in [-0.39, 0.29) is 18.0 Å². The highest BCUT2D eigenvalue weighted by molar-refractivity contribution is 14.1. The van der Waals surface area contributed by atoms with Crippen LogP contribution in [0, 0.1) is 3.57 Å². The fourth-order valence-corrected chi connectivity index (χ4v) is 4.92. The topological polar surface area (TPSA) is 66.5 Å². The normalized spacial score (nSPS) is 11.5. The van der Waals surface area contributed by atoms with Crippen LogP contribution in [-0.4, -0.2) is 25.2 Å². The van der Waals surface area contributed by atoms with Gasteiger partial charge in [-0.05, 0) is 76.7 Å². The molecule has 156 valence electrons. The van der Waals surface area contributed by atoms with Gasteiger partial charge in [0.05, 0.1) is 11.4 Å². The van der Waals surface area contributed by atoms with Crippen LogP contribution in [0.3, 0.4) is 0 Å². The first-order valence-electron chi connectivity index (χ1n) is 8.80. The first-order valence-corrected chi connectivity index (χ1v) is 12.1. The predicted molar refractivity (Wildman–Crippen MR) is 128 cm³/mol. The van der Waals surface area contributed by atoms with E-state index in [9.17, 15) is 13.2 Å². The van der Waals surface area contributed by atoms with E-state index in [2.05, 4.69) is 27.9 Å². The van der Waals surface area contributed by atoms with Gasteiger partial charge in [0.1, 0.15) is 0 Å². The summed E-state index contributed by atoms with van der Waals surface area (Å²) in [5.41, 5.74) is 1.13. The maximum Gasteiger partial charge on any atom is 0.243 e. The lowest BCUT2D eigenvalue weighted by Gasteiger charge is -2.22. The second-order valence-corrected chi connectivity index (χ2v) is 10.4. The molecule has 1 N–H and O–H groups in total. The van der Waals surface area contributed by atoms with Crippen LogP contribution >= 0.6 is 45.8 Å². The van der Waals surface area contributed by atoms with Crippen LogP contribution in [0.2, 0.25) is 10.0 Å². The van der Waals surface area contributed by atoms with Gasteiger partial charge in [-0.2, -0.15) is 4.31 Å². The number of anilines is 1. The minimum atomic E-state index is -3.94. The maximum absolute atomic E-state index is 13.2. The molecule has 9 heteroatoms. The van der Waals surface area contributed by atoms with Crippen LogP contribution in [0.15, 0.2) is 77.7 Å². The minimum absolute atomic E-state index is 0.0761. The molecule has 0 heterocycles. The Kier molecular flexibility index (Phi) is 7.75.